The molecule has 0 aliphatic rings. The first kappa shape index (κ1) is 23.0. The average Bonchev–Trinajstić information content (AvgIpc) is 2.54. The number of nitrogens with one attached hydrogen (secondary N) is 4. The summed E-state index contributed by atoms with van der Waals surface area (Å²) in [5.74, 6) is -4.52. The molecule has 0 bridgehead atoms. The number of aliphatic hydroxyl groups excluding tert-OH is 2. The molecule has 26 heavy (non-hydrogen) atoms. The molecular formula is C12H22N6O8. The van der Waals surface area contributed by atoms with Gasteiger partial charge in [-0.25, -0.2) is 9.59 Å². The van der Waals surface area contributed by atoms with Gasteiger partial charge in [0.05, 0.1) is 19.1 Å². The van der Waals surface area contributed by atoms with Crippen LogP contribution in [-0.2, 0) is 19.2 Å². The maximum Gasteiger partial charge on any atom is 0.328 e. The molecule has 0 saturated heterocycles. The lowest BCUT2D eigenvalue weighted by Gasteiger charge is -2.20. The van der Waals surface area contributed by atoms with Crippen LogP contribution in [-0.4, -0.2) is 75.9 Å². The van der Waals surface area contributed by atoms with Crippen LogP contribution < -0.4 is 33.0 Å². The number of amides is 5. The number of carboxylic acid groups (broad SMARTS) is 1. The van der Waals surface area contributed by atoms with Crippen LogP contribution in [0.3, 0.4) is 0 Å². The quantitative estimate of drug-likeness (QED) is 0.174. The lowest BCUT2D eigenvalue weighted by molar-refractivity contribution is -0.140. The van der Waals surface area contributed by atoms with E-state index in [4.69, 9.17) is 26.8 Å². The third-order valence-corrected chi connectivity index (χ3v) is 2.94. The Morgan fingerprint density at radius 1 is 1.00 bits per heavy atom. The maximum absolute atomic E-state index is 12.0. The summed E-state index contributed by atoms with van der Waals surface area (Å²) in [4.78, 5) is 56.9. The summed E-state index contributed by atoms with van der Waals surface area (Å²) < 4.78 is 0. The number of hydrogen-bond donors (Lipinski definition) is 9. The van der Waals surface area contributed by atoms with Crippen LogP contribution in [0.1, 0.15) is 13.3 Å². The maximum atomic E-state index is 12.0. The van der Waals surface area contributed by atoms with Crippen molar-refractivity contribution in [2.24, 2.45) is 11.5 Å². The van der Waals surface area contributed by atoms with Crippen LogP contribution in [0.15, 0.2) is 0 Å². The molecule has 5 amide bonds. The monoisotopic (exact) mass is 378 g/mol. The van der Waals surface area contributed by atoms with Crippen LogP contribution in [0.25, 0.3) is 0 Å². The second-order valence-corrected chi connectivity index (χ2v) is 5.16. The minimum absolute atomic E-state index is 0.672. The van der Waals surface area contributed by atoms with E-state index in [1.54, 1.807) is 0 Å². The van der Waals surface area contributed by atoms with Gasteiger partial charge in [0.2, 0.25) is 5.91 Å². The van der Waals surface area contributed by atoms with Gasteiger partial charge in [0.15, 0.2) is 6.04 Å². The highest BCUT2D eigenvalue weighted by molar-refractivity contribution is 5.93. The van der Waals surface area contributed by atoms with Crippen LogP contribution in [0.5, 0.6) is 0 Å². The van der Waals surface area contributed by atoms with E-state index in [0.29, 0.717) is 0 Å². The molecule has 0 radical (unpaired) electrons. The molecule has 0 heterocycles. The topological polar surface area (TPSA) is 246 Å². The van der Waals surface area contributed by atoms with E-state index in [0.717, 1.165) is 0 Å². The van der Waals surface area contributed by atoms with Crippen molar-refractivity contribution in [3.8, 4) is 0 Å². The molecule has 0 fully saturated rings. The van der Waals surface area contributed by atoms with E-state index in [1.165, 1.54) is 6.92 Å². The number of carboxylic acids is 1. The highest BCUT2D eigenvalue weighted by Gasteiger charge is 2.27. The van der Waals surface area contributed by atoms with Gasteiger partial charge in [0.25, 0.3) is 11.8 Å². The van der Waals surface area contributed by atoms with Gasteiger partial charge in [-0.15, -0.1) is 0 Å². The Morgan fingerprint density at radius 2 is 1.50 bits per heavy atom. The van der Waals surface area contributed by atoms with E-state index in [9.17, 15) is 24.0 Å². The van der Waals surface area contributed by atoms with Crippen LogP contribution in [0.2, 0.25) is 0 Å². The standard InChI is InChI=1S/C12H22N6O8/c1-4(20)8(14)10(23)18-17-9(22)5(2-7(13)21)15-12(26)16-6(3-19)11(24)25/h4-6,8,19-20H,2-3,14H2,1H3,(H2,13,21)(H,17,22)(H,18,23)(H,24,25)(H2,15,16,26)/t4?,5-,6-,8-/m0/s1. The first-order valence-electron chi connectivity index (χ1n) is 7.21. The zero-order chi connectivity index (χ0) is 20.4. The highest BCUT2D eigenvalue weighted by atomic mass is 16.4. The Hall–Kier alpha value is -2.97. The van der Waals surface area contributed by atoms with Gasteiger partial charge in [-0.3, -0.25) is 25.2 Å². The summed E-state index contributed by atoms with van der Waals surface area (Å²) in [6.45, 7) is 0.330. The van der Waals surface area contributed by atoms with Gasteiger partial charge < -0.3 is 37.4 Å². The predicted molar refractivity (Wildman–Crippen MR) is 83.7 cm³/mol. The number of urea groups is 1. The van der Waals surface area contributed by atoms with Crippen LogP contribution in [0, 0.1) is 0 Å². The summed E-state index contributed by atoms with van der Waals surface area (Å²) in [7, 11) is 0. The summed E-state index contributed by atoms with van der Waals surface area (Å²) >= 11 is 0. The molecule has 0 aromatic rings. The number of hydrogen-bond acceptors (Lipinski definition) is 8. The number of rotatable bonds is 9. The second-order valence-electron chi connectivity index (χ2n) is 5.16. The summed E-state index contributed by atoms with van der Waals surface area (Å²) in [6.07, 6.45) is -1.88. The number of primary amides is 1. The molecular weight excluding hydrogens is 356 g/mol. The van der Waals surface area contributed by atoms with Crippen molar-refractivity contribution in [3.63, 3.8) is 0 Å². The minimum Gasteiger partial charge on any atom is -0.480 e. The Balaban J connectivity index is 4.84. The molecule has 0 saturated carbocycles. The van der Waals surface area contributed by atoms with Gasteiger partial charge in [-0.2, -0.15) is 0 Å². The largest absolute Gasteiger partial charge is 0.480 e. The van der Waals surface area contributed by atoms with Crippen LogP contribution >= 0.6 is 0 Å². The number of aliphatic hydroxyl groups is 2. The summed E-state index contributed by atoms with van der Waals surface area (Å²) in [6, 6.07) is -5.73. The van der Waals surface area contributed by atoms with E-state index in [-0.39, 0.29) is 0 Å². The fourth-order valence-electron chi connectivity index (χ4n) is 1.47. The predicted octanol–water partition coefficient (Wildman–Crippen LogP) is -5.17. The molecule has 1 unspecified atom stereocenters. The van der Waals surface area contributed by atoms with E-state index in [1.807, 2.05) is 21.5 Å². The van der Waals surface area contributed by atoms with Gasteiger partial charge >= 0.3 is 12.0 Å². The lowest BCUT2D eigenvalue weighted by Crippen LogP contribution is -2.59. The lowest BCUT2D eigenvalue weighted by atomic mass is 10.2. The zero-order valence-corrected chi connectivity index (χ0v) is 13.8. The summed E-state index contributed by atoms with van der Waals surface area (Å²) in [5, 5.41) is 30.5. The molecule has 0 rings (SSSR count). The normalized spacial score (nSPS) is 14.9. The molecule has 14 heteroatoms. The third-order valence-electron chi connectivity index (χ3n) is 2.94. The number of aliphatic carboxylic acids is 1. The van der Waals surface area contributed by atoms with Crippen molar-refractivity contribution in [3.05, 3.63) is 0 Å². The van der Waals surface area contributed by atoms with Gasteiger partial charge in [-0.05, 0) is 6.92 Å². The SMILES string of the molecule is CC(O)[C@H](N)C(=O)NNC(=O)[C@H](CC(N)=O)NC(=O)N[C@@H](CO)C(=O)O. The van der Waals surface area contributed by atoms with Crippen molar-refractivity contribution in [2.45, 2.75) is 37.6 Å². The van der Waals surface area contributed by atoms with E-state index < -0.39 is 67.0 Å². The third kappa shape index (κ3) is 8.22. The minimum atomic E-state index is -1.64. The smallest absolute Gasteiger partial charge is 0.328 e. The molecule has 0 aromatic heterocycles. The number of carbonyl (C=O) groups excluding carboxylic acids is 4. The molecule has 0 spiro atoms. The van der Waals surface area contributed by atoms with Crippen molar-refractivity contribution in [1.29, 1.82) is 0 Å². The number of hydrazine groups is 1. The molecule has 0 aliphatic heterocycles. The Bertz CT molecular complexity index is 554. The average molecular weight is 378 g/mol. The highest BCUT2D eigenvalue weighted by Crippen LogP contribution is 1.93. The van der Waals surface area contributed by atoms with E-state index >= 15 is 0 Å². The second kappa shape index (κ2) is 10.8. The molecule has 4 atom stereocenters. The van der Waals surface area contributed by atoms with Crippen molar-refractivity contribution in [1.82, 2.24) is 21.5 Å². The Morgan fingerprint density at radius 3 is 1.92 bits per heavy atom. The van der Waals surface area contributed by atoms with Crippen molar-refractivity contribution < 1.29 is 39.3 Å². The summed E-state index contributed by atoms with van der Waals surface area (Å²) in [5.41, 5.74) is 14.0. The number of nitrogens with two attached hydrogens (primary N) is 2. The van der Waals surface area contributed by atoms with E-state index in [2.05, 4.69) is 0 Å². The Kier molecular flexibility index (Phi) is 9.57. The van der Waals surface area contributed by atoms with Crippen molar-refractivity contribution >= 4 is 29.7 Å². The van der Waals surface area contributed by atoms with Crippen molar-refractivity contribution in [2.75, 3.05) is 6.61 Å². The van der Waals surface area contributed by atoms with Gasteiger partial charge in [0.1, 0.15) is 12.1 Å². The fourth-order valence-corrected chi connectivity index (χ4v) is 1.47. The zero-order valence-electron chi connectivity index (χ0n) is 13.8. The number of carbonyl (C=O) groups is 5. The Labute approximate surface area is 147 Å². The molecule has 0 aromatic carbocycles. The molecule has 148 valence electrons. The van der Waals surface area contributed by atoms with Crippen LogP contribution in [0.4, 0.5) is 4.79 Å². The first-order valence-corrected chi connectivity index (χ1v) is 7.21. The molecule has 14 nitrogen and oxygen atoms in total. The van der Waals surface area contributed by atoms with Gasteiger partial charge in [0, 0.05) is 0 Å². The molecule has 11 N–H and O–H groups in total. The first-order chi connectivity index (χ1) is 12.0. The molecule has 0 aliphatic carbocycles. The van der Waals surface area contributed by atoms with Gasteiger partial charge in [-0.1, -0.05) is 0 Å². The fraction of sp³-hybridized carbons (Fsp3) is 0.583.